The first-order valence-electron chi connectivity index (χ1n) is 11.1. The fraction of sp³-hybridized carbons (Fsp3) is 0.714. The molecular formula is C21H30F6N4O7. The second kappa shape index (κ2) is 14.3. The van der Waals surface area contributed by atoms with Gasteiger partial charge in [-0.25, -0.2) is 9.59 Å². The Bertz CT molecular complexity index is 899. The molecule has 3 atom stereocenters. The molecule has 0 radical (unpaired) electrons. The average molecular weight is 564 g/mol. The van der Waals surface area contributed by atoms with E-state index in [1.165, 1.54) is 5.56 Å². The van der Waals surface area contributed by atoms with Gasteiger partial charge < -0.3 is 24.6 Å². The molecule has 1 saturated heterocycles. The zero-order valence-electron chi connectivity index (χ0n) is 20.8. The van der Waals surface area contributed by atoms with Gasteiger partial charge in [-0.05, 0) is 18.8 Å². The number of alkyl halides is 6. The maximum Gasteiger partial charge on any atom is 0.490 e. The smallest absolute Gasteiger partial charge is 0.475 e. The van der Waals surface area contributed by atoms with E-state index in [4.69, 9.17) is 29.3 Å². The maximum atomic E-state index is 11.6. The Morgan fingerprint density at radius 1 is 1.11 bits per heavy atom. The van der Waals surface area contributed by atoms with E-state index >= 15 is 0 Å². The monoisotopic (exact) mass is 564 g/mol. The SMILES string of the molecule is CN(C)C(=O)COCC1C[C@@H]2[C@@H](C1)OCCN2Cc1cnn(C)c1.O=C(O)C(F)(F)F.O=C(O)C(F)(F)F. The fourth-order valence-corrected chi connectivity index (χ4v) is 3.69. The van der Waals surface area contributed by atoms with Crippen LogP contribution in [0.2, 0.25) is 0 Å². The quantitative estimate of drug-likeness (QED) is 0.496. The normalized spacial score (nSPS) is 21.3. The third kappa shape index (κ3) is 11.6. The van der Waals surface area contributed by atoms with Crippen LogP contribution in [0.25, 0.3) is 0 Å². The van der Waals surface area contributed by atoms with Crippen LogP contribution in [0.4, 0.5) is 26.3 Å². The lowest BCUT2D eigenvalue weighted by molar-refractivity contribution is -0.193. The van der Waals surface area contributed by atoms with Crippen LogP contribution >= 0.6 is 0 Å². The number of ether oxygens (including phenoxy) is 2. The number of morpholine rings is 1. The van der Waals surface area contributed by atoms with Crippen molar-refractivity contribution in [2.24, 2.45) is 13.0 Å². The number of aliphatic carboxylic acids is 2. The Kier molecular flexibility index (Phi) is 12.5. The average Bonchev–Trinajstić information content (AvgIpc) is 3.39. The van der Waals surface area contributed by atoms with E-state index in [9.17, 15) is 31.1 Å². The third-order valence-electron chi connectivity index (χ3n) is 5.46. The number of nitrogens with zero attached hydrogens (tertiary/aromatic N) is 4. The third-order valence-corrected chi connectivity index (χ3v) is 5.46. The molecule has 1 aromatic rings. The van der Waals surface area contributed by atoms with E-state index in [-0.39, 0.29) is 18.6 Å². The highest BCUT2D eigenvalue weighted by atomic mass is 19.4. The molecule has 1 saturated carbocycles. The van der Waals surface area contributed by atoms with Gasteiger partial charge in [-0.15, -0.1) is 0 Å². The summed E-state index contributed by atoms with van der Waals surface area (Å²) in [6.45, 7) is 3.47. The molecule has 38 heavy (non-hydrogen) atoms. The molecule has 2 N–H and O–H groups in total. The number of rotatable bonds is 6. The molecular weight excluding hydrogens is 534 g/mol. The van der Waals surface area contributed by atoms with E-state index in [1.807, 2.05) is 17.9 Å². The molecule has 2 fully saturated rings. The Morgan fingerprint density at radius 2 is 1.66 bits per heavy atom. The van der Waals surface area contributed by atoms with Crippen LogP contribution in [-0.2, 0) is 37.4 Å². The standard InChI is InChI=1S/C17H28N4O3.2C2HF3O2/c1-19(2)17(22)12-23-11-13-6-15-16(7-13)24-5-4-21(15)10-14-8-18-20(3)9-14;2*3-2(4,5)1(6)7/h8-9,13,15-16H,4-7,10-12H2,1-3H3;2*(H,6,7)/t13?,15-,16-;;/m1../s1. The Morgan fingerprint density at radius 3 is 2.11 bits per heavy atom. The Balaban J connectivity index is 0.000000426. The van der Waals surface area contributed by atoms with Crippen LogP contribution in [-0.4, -0.2) is 113 Å². The van der Waals surface area contributed by atoms with E-state index < -0.39 is 24.3 Å². The van der Waals surface area contributed by atoms with Crippen molar-refractivity contribution in [3.63, 3.8) is 0 Å². The number of amides is 1. The zero-order valence-corrected chi connectivity index (χ0v) is 20.8. The van der Waals surface area contributed by atoms with Gasteiger partial charge in [0.05, 0.1) is 25.5 Å². The molecule has 11 nitrogen and oxygen atoms in total. The number of carbonyl (C=O) groups excluding carboxylic acids is 1. The van der Waals surface area contributed by atoms with Crippen molar-refractivity contribution in [2.45, 2.75) is 43.9 Å². The van der Waals surface area contributed by atoms with Gasteiger partial charge in [0.25, 0.3) is 0 Å². The topological polar surface area (TPSA) is 134 Å². The van der Waals surface area contributed by atoms with Crippen molar-refractivity contribution in [2.75, 3.05) is 40.5 Å². The van der Waals surface area contributed by atoms with Gasteiger partial charge in [0.2, 0.25) is 5.91 Å². The molecule has 17 heteroatoms. The summed E-state index contributed by atoms with van der Waals surface area (Å²) in [4.78, 5) is 33.4. The summed E-state index contributed by atoms with van der Waals surface area (Å²) in [5.41, 5.74) is 1.24. The summed E-state index contributed by atoms with van der Waals surface area (Å²) in [5.74, 6) is -5.04. The summed E-state index contributed by atoms with van der Waals surface area (Å²) in [6.07, 6.45) is -3.78. The van der Waals surface area contributed by atoms with Gasteiger partial charge in [-0.2, -0.15) is 31.4 Å². The number of halogens is 6. The molecule has 3 rings (SSSR count). The van der Waals surface area contributed by atoms with Gasteiger partial charge in [-0.1, -0.05) is 0 Å². The zero-order chi connectivity index (χ0) is 29.3. The predicted octanol–water partition coefficient (Wildman–Crippen LogP) is 1.77. The molecule has 1 aliphatic heterocycles. The molecule has 2 heterocycles. The van der Waals surface area contributed by atoms with E-state index in [0.29, 0.717) is 18.6 Å². The van der Waals surface area contributed by atoms with E-state index in [1.54, 1.807) is 19.0 Å². The van der Waals surface area contributed by atoms with Crippen molar-refractivity contribution in [3.8, 4) is 0 Å². The molecule has 0 aromatic carbocycles. The van der Waals surface area contributed by atoms with Crippen molar-refractivity contribution in [1.82, 2.24) is 19.6 Å². The van der Waals surface area contributed by atoms with E-state index in [0.717, 1.165) is 32.5 Å². The molecule has 1 aromatic heterocycles. The van der Waals surface area contributed by atoms with Gasteiger partial charge in [0.1, 0.15) is 6.61 Å². The van der Waals surface area contributed by atoms with Gasteiger partial charge >= 0.3 is 24.3 Å². The van der Waals surface area contributed by atoms with Crippen LogP contribution in [0.1, 0.15) is 18.4 Å². The lowest BCUT2D eigenvalue weighted by Gasteiger charge is -2.37. The lowest BCUT2D eigenvalue weighted by atomic mass is 10.1. The highest BCUT2D eigenvalue weighted by Gasteiger charge is 2.41. The number of likely N-dealkylation sites (N-methyl/N-ethyl adjacent to an activating group) is 1. The van der Waals surface area contributed by atoms with Crippen molar-refractivity contribution < 1.29 is 60.4 Å². The van der Waals surface area contributed by atoms with Gasteiger partial charge in [0.15, 0.2) is 0 Å². The minimum Gasteiger partial charge on any atom is -0.475 e. The molecule has 218 valence electrons. The van der Waals surface area contributed by atoms with Crippen LogP contribution < -0.4 is 0 Å². The number of carbonyl (C=O) groups is 3. The van der Waals surface area contributed by atoms with Crippen molar-refractivity contribution >= 4 is 17.8 Å². The number of hydrogen-bond acceptors (Lipinski definition) is 7. The minimum absolute atomic E-state index is 0.0138. The maximum absolute atomic E-state index is 11.6. The van der Waals surface area contributed by atoms with Crippen LogP contribution in [0, 0.1) is 5.92 Å². The number of hydrogen-bond donors (Lipinski definition) is 2. The highest BCUT2D eigenvalue weighted by molar-refractivity contribution is 5.76. The second-order valence-corrected chi connectivity index (χ2v) is 8.72. The van der Waals surface area contributed by atoms with Crippen LogP contribution in [0.3, 0.4) is 0 Å². The largest absolute Gasteiger partial charge is 0.490 e. The Hall–Kier alpha value is -2.92. The summed E-state index contributed by atoms with van der Waals surface area (Å²) in [5, 5.41) is 18.5. The molecule has 2 aliphatic rings. The summed E-state index contributed by atoms with van der Waals surface area (Å²) >= 11 is 0. The number of carboxylic acids is 2. The highest BCUT2D eigenvalue weighted by Crippen LogP contribution is 2.35. The number of aryl methyl sites for hydroxylation is 1. The first-order chi connectivity index (χ1) is 17.4. The van der Waals surface area contributed by atoms with Crippen molar-refractivity contribution in [3.05, 3.63) is 18.0 Å². The predicted molar refractivity (Wildman–Crippen MR) is 117 cm³/mol. The second-order valence-electron chi connectivity index (χ2n) is 8.72. The number of carboxylic acid groups (broad SMARTS) is 2. The van der Waals surface area contributed by atoms with Crippen molar-refractivity contribution in [1.29, 1.82) is 0 Å². The van der Waals surface area contributed by atoms with Gasteiger partial charge in [-0.3, -0.25) is 14.4 Å². The van der Waals surface area contributed by atoms with Gasteiger partial charge in [0, 0.05) is 52.0 Å². The fourth-order valence-electron chi connectivity index (χ4n) is 3.69. The first-order valence-corrected chi connectivity index (χ1v) is 11.1. The molecule has 1 unspecified atom stereocenters. The summed E-state index contributed by atoms with van der Waals surface area (Å²) in [7, 11) is 5.45. The summed E-state index contributed by atoms with van der Waals surface area (Å²) in [6, 6.07) is 0.442. The van der Waals surface area contributed by atoms with E-state index in [2.05, 4.69) is 16.2 Å². The number of fused-ring (bicyclic) bond motifs is 1. The summed E-state index contributed by atoms with van der Waals surface area (Å²) < 4.78 is 76.9. The minimum atomic E-state index is -5.08. The van der Waals surface area contributed by atoms with Crippen LogP contribution in [0.15, 0.2) is 12.4 Å². The van der Waals surface area contributed by atoms with Crippen LogP contribution in [0.5, 0.6) is 0 Å². The lowest BCUT2D eigenvalue weighted by Crippen LogP contribution is -2.47. The molecule has 1 aliphatic carbocycles. The first kappa shape index (κ1) is 33.1. The Labute approximate surface area is 213 Å². The number of aromatic nitrogens is 2. The molecule has 0 bridgehead atoms. The molecule has 1 amide bonds. The molecule has 0 spiro atoms.